The van der Waals surface area contributed by atoms with Crippen molar-refractivity contribution in [3.8, 4) is 17.9 Å². The third kappa shape index (κ3) is 3.41. The number of carbonyl (C=O) groups excluding carboxylic acids is 1. The van der Waals surface area contributed by atoms with Crippen LogP contribution in [-0.4, -0.2) is 43.2 Å². The molecule has 0 aromatic heterocycles. The number of morpholine rings is 1. The van der Waals surface area contributed by atoms with Crippen LogP contribution >= 0.6 is 0 Å². The van der Waals surface area contributed by atoms with Crippen LogP contribution < -0.4 is 5.73 Å². The van der Waals surface area contributed by atoms with E-state index in [1.165, 1.54) is 0 Å². The molecule has 1 fully saturated rings. The predicted molar refractivity (Wildman–Crippen MR) is 78.4 cm³/mol. The Bertz CT molecular complexity index is 637. The number of benzene rings is 1. The van der Waals surface area contributed by atoms with Gasteiger partial charge < -0.3 is 15.4 Å². The van der Waals surface area contributed by atoms with Crippen molar-refractivity contribution in [3.05, 3.63) is 34.9 Å². The van der Waals surface area contributed by atoms with Gasteiger partial charge in [0.25, 0.3) is 5.91 Å². The molecular weight excluding hydrogens is 266 g/mol. The summed E-state index contributed by atoms with van der Waals surface area (Å²) in [6, 6.07) is 7.50. The van der Waals surface area contributed by atoms with E-state index in [0.29, 0.717) is 25.3 Å². The first-order valence-electron chi connectivity index (χ1n) is 6.76. The summed E-state index contributed by atoms with van der Waals surface area (Å²) in [5.74, 6) is 5.67. The predicted octanol–water partition coefficient (Wildman–Crippen LogP) is 0.670. The number of amides is 1. The highest BCUT2D eigenvalue weighted by Crippen LogP contribution is 2.17. The Morgan fingerprint density at radius 3 is 3.10 bits per heavy atom. The molecule has 5 heteroatoms. The summed E-state index contributed by atoms with van der Waals surface area (Å²) in [6.07, 6.45) is -0.553. The number of nitrogens with two attached hydrogens (primary N) is 1. The molecule has 0 radical (unpaired) electrons. The Kier molecular flexibility index (Phi) is 4.94. The molecule has 1 atom stereocenters. The van der Waals surface area contributed by atoms with E-state index >= 15 is 0 Å². The molecule has 108 valence electrons. The summed E-state index contributed by atoms with van der Waals surface area (Å²) < 4.78 is 5.26. The monoisotopic (exact) mass is 283 g/mol. The van der Waals surface area contributed by atoms with Crippen LogP contribution in [-0.2, 0) is 4.74 Å². The van der Waals surface area contributed by atoms with Gasteiger partial charge in [-0.25, -0.2) is 0 Å². The zero-order valence-electron chi connectivity index (χ0n) is 11.9. The van der Waals surface area contributed by atoms with Crippen LogP contribution in [0.2, 0.25) is 0 Å². The molecule has 0 saturated carbocycles. The average molecular weight is 283 g/mol. The van der Waals surface area contributed by atoms with Crippen molar-refractivity contribution >= 4 is 5.91 Å². The Hall–Kier alpha value is -2.34. The molecule has 1 saturated heterocycles. The molecule has 1 heterocycles. The van der Waals surface area contributed by atoms with Crippen LogP contribution in [0, 0.1) is 30.1 Å². The quantitative estimate of drug-likeness (QED) is 0.768. The molecule has 1 aromatic rings. The zero-order valence-corrected chi connectivity index (χ0v) is 11.9. The van der Waals surface area contributed by atoms with Crippen LogP contribution in [0.5, 0.6) is 0 Å². The average Bonchev–Trinajstić information content (AvgIpc) is 2.53. The van der Waals surface area contributed by atoms with Gasteiger partial charge in [0.15, 0.2) is 6.10 Å². The van der Waals surface area contributed by atoms with Gasteiger partial charge in [0, 0.05) is 17.7 Å². The van der Waals surface area contributed by atoms with Crippen LogP contribution in [0.3, 0.4) is 0 Å². The van der Waals surface area contributed by atoms with E-state index in [-0.39, 0.29) is 12.5 Å². The Labute approximate surface area is 124 Å². The highest BCUT2D eigenvalue weighted by molar-refractivity contribution is 5.96. The molecule has 1 aliphatic rings. The number of rotatable bonds is 1. The first-order valence-corrected chi connectivity index (χ1v) is 6.76. The van der Waals surface area contributed by atoms with Gasteiger partial charge >= 0.3 is 0 Å². The van der Waals surface area contributed by atoms with Crippen molar-refractivity contribution in [1.29, 1.82) is 5.26 Å². The lowest BCUT2D eigenvalue weighted by molar-refractivity contribution is 0.00343. The van der Waals surface area contributed by atoms with Gasteiger partial charge in [-0.3, -0.25) is 4.79 Å². The molecular formula is C16H17N3O2. The van der Waals surface area contributed by atoms with E-state index in [9.17, 15) is 4.79 Å². The second kappa shape index (κ2) is 6.90. The maximum absolute atomic E-state index is 12.6. The number of ether oxygens (including phenoxy) is 1. The highest BCUT2D eigenvalue weighted by atomic mass is 16.5. The van der Waals surface area contributed by atoms with E-state index in [1.54, 1.807) is 11.0 Å². The maximum atomic E-state index is 12.6. The minimum absolute atomic E-state index is 0.0903. The lowest BCUT2D eigenvalue weighted by Gasteiger charge is -2.30. The third-order valence-corrected chi connectivity index (χ3v) is 3.39. The summed E-state index contributed by atoms with van der Waals surface area (Å²) in [5.41, 5.74) is 7.63. The molecule has 1 unspecified atom stereocenters. The minimum Gasteiger partial charge on any atom is -0.360 e. The van der Waals surface area contributed by atoms with E-state index < -0.39 is 6.10 Å². The van der Waals surface area contributed by atoms with E-state index in [2.05, 4.69) is 11.8 Å². The van der Waals surface area contributed by atoms with E-state index in [1.807, 2.05) is 25.1 Å². The largest absolute Gasteiger partial charge is 0.360 e. The van der Waals surface area contributed by atoms with E-state index in [0.717, 1.165) is 11.1 Å². The molecule has 0 bridgehead atoms. The first kappa shape index (κ1) is 15.1. The van der Waals surface area contributed by atoms with Gasteiger partial charge in [-0.2, -0.15) is 5.26 Å². The lowest BCUT2D eigenvalue weighted by Crippen LogP contribution is -2.45. The summed E-state index contributed by atoms with van der Waals surface area (Å²) >= 11 is 0. The summed E-state index contributed by atoms with van der Waals surface area (Å²) in [7, 11) is 0. The fraction of sp³-hybridized carbons (Fsp3) is 0.375. The van der Waals surface area contributed by atoms with Gasteiger partial charge in [-0.1, -0.05) is 17.9 Å². The van der Waals surface area contributed by atoms with Crippen molar-refractivity contribution in [2.75, 3.05) is 26.2 Å². The molecule has 0 spiro atoms. The summed E-state index contributed by atoms with van der Waals surface area (Å²) in [5, 5.41) is 8.91. The van der Waals surface area contributed by atoms with Crippen molar-refractivity contribution < 1.29 is 9.53 Å². The Morgan fingerprint density at radius 1 is 1.57 bits per heavy atom. The smallest absolute Gasteiger partial charge is 0.254 e. The number of carbonyl (C=O) groups is 1. The normalized spacial score (nSPS) is 17.6. The summed E-state index contributed by atoms with van der Waals surface area (Å²) in [6.45, 7) is 3.33. The molecule has 1 aromatic carbocycles. The maximum Gasteiger partial charge on any atom is 0.254 e. The second-order valence-electron chi connectivity index (χ2n) is 4.72. The first-order chi connectivity index (χ1) is 10.2. The number of nitriles is 1. The molecule has 5 nitrogen and oxygen atoms in total. The van der Waals surface area contributed by atoms with Crippen LogP contribution in [0.4, 0.5) is 0 Å². The van der Waals surface area contributed by atoms with Gasteiger partial charge in [0.05, 0.1) is 25.8 Å². The highest BCUT2D eigenvalue weighted by Gasteiger charge is 2.25. The van der Waals surface area contributed by atoms with Crippen molar-refractivity contribution in [3.63, 3.8) is 0 Å². The number of hydrogen-bond donors (Lipinski definition) is 1. The van der Waals surface area contributed by atoms with Gasteiger partial charge in [0.1, 0.15) is 0 Å². The van der Waals surface area contributed by atoms with Crippen molar-refractivity contribution in [1.82, 2.24) is 4.90 Å². The molecule has 2 N–H and O–H groups in total. The van der Waals surface area contributed by atoms with Gasteiger partial charge in [-0.05, 0) is 24.6 Å². The van der Waals surface area contributed by atoms with Crippen LogP contribution in [0.25, 0.3) is 0 Å². The molecule has 2 rings (SSSR count). The Morgan fingerprint density at radius 2 is 2.38 bits per heavy atom. The summed E-state index contributed by atoms with van der Waals surface area (Å²) in [4.78, 5) is 14.2. The lowest BCUT2D eigenvalue weighted by atomic mass is 10.0. The molecule has 1 aliphatic heterocycles. The zero-order chi connectivity index (χ0) is 15.2. The SMILES string of the molecule is Cc1c(C#CCN)cccc1C(=O)N1CCOC(C#N)C1. The number of nitrogens with zero attached hydrogens (tertiary/aromatic N) is 2. The fourth-order valence-corrected chi connectivity index (χ4v) is 2.23. The van der Waals surface area contributed by atoms with Crippen LogP contribution in [0.1, 0.15) is 21.5 Å². The third-order valence-electron chi connectivity index (χ3n) is 3.39. The fourth-order valence-electron chi connectivity index (χ4n) is 2.23. The topological polar surface area (TPSA) is 79.3 Å². The second-order valence-corrected chi connectivity index (χ2v) is 4.72. The van der Waals surface area contributed by atoms with Crippen molar-refractivity contribution in [2.45, 2.75) is 13.0 Å². The minimum atomic E-state index is -0.553. The van der Waals surface area contributed by atoms with E-state index in [4.69, 9.17) is 15.7 Å². The molecule has 1 amide bonds. The van der Waals surface area contributed by atoms with Crippen molar-refractivity contribution in [2.24, 2.45) is 5.73 Å². The molecule has 0 aliphatic carbocycles. The van der Waals surface area contributed by atoms with Gasteiger partial charge in [0.2, 0.25) is 0 Å². The van der Waals surface area contributed by atoms with Crippen LogP contribution in [0.15, 0.2) is 18.2 Å². The Balaban J connectivity index is 2.25. The number of hydrogen-bond acceptors (Lipinski definition) is 4. The van der Waals surface area contributed by atoms with Gasteiger partial charge in [-0.15, -0.1) is 0 Å². The standard InChI is InChI=1S/C16H17N3O2/c1-12-13(5-3-7-17)4-2-6-15(12)16(20)19-8-9-21-14(10-18)11-19/h2,4,6,14H,7-9,11,17H2,1H3. The molecule has 21 heavy (non-hydrogen) atoms.